The van der Waals surface area contributed by atoms with Gasteiger partial charge in [-0.05, 0) is 53.7 Å². The fourth-order valence-electron chi connectivity index (χ4n) is 2.00. The van der Waals surface area contributed by atoms with Crippen LogP contribution in [0.15, 0.2) is 58.6 Å². The van der Waals surface area contributed by atoms with E-state index in [0.29, 0.717) is 26.6 Å². The van der Waals surface area contributed by atoms with Crippen LogP contribution in [-0.2, 0) is 4.79 Å². The molecule has 0 spiro atoms. The molecule has 0 saturated heterocycles. The first kappa shape index (κ1) is 17.5. The lowest BCUT2D eigenvalue weighted by Gasteiger charge is -2.01. The molecular formula is C17H11Cl2N3O2S. The molecule has 3 aromatic rings. The molecule has 0 bridgehead atoms. The first-order chi connectivity index (χ1) is 12.0. The molecule has 8 heteroatoms. The summed E-state index contributed by atoms with van der Waals surface area (Å²) >= 11 is 12.9. The number of H-pyrrole nitrogens is 1. The van der Waals surface area contributed by atoms with Crippen molar-refractivity contribution in [2.45, 2.75) is 5.16 Å². The Morgan fingerprint density at radius 1 is 1.12 bits per heavy atom. The minimum Gasteiger partial charge on any atom is -0.477 e. The number of aromatic amines is 1. The third-order valence-electron chi connectivity index (χ3n) is 3.19. The Morgan fingerprint density at radius 3 is 2.52 bits per heavy atom. The molecular weight excluding hydrogens is 381 g/mol. The number of rotatable bonds is 5. The first-order valence-electron chi connectivity index (χ1n) is 7.08. The second kappa shape index (κ2) is 7.74. The van der Waals surface area contributed by atoms with E-state index >= 15 is 0 Å². The molecule has 2 aromatic carbocycles. The number of benzene rings is 2. The number of aromatic nitrogens is 3. The Labute approximate surface area is 157 Å². The zero-order valence-corrected chi connectivity index (χ0v) is 14.9. The zero-order chi connectivity index (χ0) is 17.8. The van der Waals surface area contributed by atoms with Crippen LogP contribution in [0, 0.1) is 0 Å². The number of aliphatic carboxylic acids is 1. The highest BCUT2D eigenvalue weighted by Gasteiger charge is 2.15. The number of hydrogen-bond donors (Lipinski definition) is 2. The van der Waals surface area contributed by atoms with E-state index in [2.05, 4.69) is 15.2 Å². The van der Waals surface area contributed by atoms with Gasteiger partial charge in [-0.15, -0.1) is 5.10 Å². The quantitative estimate of drug-likeness (QED) is 0.472. The van der Waals surface area contributed by atoms with Crippen LogP contribution >= 0.6 is 35.0 Å². The maximum Gasteiger partial charge on any atom is 0.342 e. The molecule has 2 N–H and O–H groups in total. The van der Waals surface area contributed by atoms with Crippen molar-refractivity contribution in [3.63, 3.8) is 0 Å². The Hall–Kier alpha value is -2.28. The summed E-state index contributed by atoms with van der Waals surface area (Å²) in [6.07, 6.45) is 1.49. The van der Waals surface area contributed by atoms with E-state index < -0.39 is 5.97 Å². The van der Waals surface area contributed by atoms with E-state index in [1.807, 2.05) is 0 Å². The number of carboxylic acids is 1. The molecule has 0 saturated carbocycles. The van der Waals surface area contributed by atoms with Crippen molar-refractivity contribution in [2.75, 3.05) is 0 Å². The molecule has 0 aliphatic rings. The van der Waals surface area contributed by atoms with Gasteiger partial charge in [0.15, 0.2) is 5.82 Å². The fraction of sp³-hybridized carbons (Fsp3) is 0. The van der Waals surface area contributed by atoms with Gasteiger partial charge in [-0.25, -0.2) is 9.78 Å². The van der Waals surface area contributed by atoms with Crippen LogP contribution in [0.25, 0.3) is 17.5 Å². The first-order valence-corrected chi connectivity index (χ1v) is 8.66. The Kier molecular flexibility index (Phi) is 5.43. The highest BCUT2D eigenvalue weighted by Crippen LogP contribution is 2.29. The summed E-state index contributed by atoms with van der Waals surface area (Å²) < 4.78 is 0. The summed E-state index contributed by atoms with van der Waals surface area (Å²) in [6.45, 7) is 0. The van der Waals surface area contributed by atoms with E-state index in [4.69, 9.17) is 23.2 Å². The van der Waals surface area contributed by atoms with E-state index in [1.54, 1.807) is 48.5 Å². The molecule has 0 radical (unpaired) electrons. The molecule has 0 fully saturated rings. The molecule has 0 atom stereocenters. The average molecular weight is 392 g/mol. The Bertz CT molecular complexity index is 939. The van der Waals surface area contributed by atoms with Crippen LogP contribution in [-0.4, -0.2) is 26.3 Å². The second-order valence-corrected chi connectivity index (χ2v) is 6.76. The van der Waals surface area contributed by atoms with Gasteiger partial charge < -0.3 is 5.11 Å². The lowest BCUT2D eigenvalue weighted by atomic mass is 10.2. The van der Waals surface area contributed by atoms with Gasteiger partial charge in [0.1, 0.15) is 4.91 Å². The molecule has 0 aliphatic heterocycles. The number of nitrogens with zero attached hydrogens (tertiary/aromatic N) is 2. The molecule has 1 heterocycles. The minimum atomic E-state index is -1.08. The summed E-state index contributed by atoms with van der Waals surface area (Å²) in [6, 6.07) is 14.1. The van der Waals surface area contributed by atoms with Gasteiger partial charge in [-0.2, -0.15) is 0 Å². The maximum atomic E-state index is 11.5. The second-order valence-electron chi connectivity index (χ2n) is 4.91. The van der Waals surface area contributed by atoms with Crippen LogP contribution in [0.1, 0.15) is 5.56 Å². The maximum absolute atomic E-state index is 11.5. The molecule has 0 unspecified atom stereocenters. The Balaban J connectivity index is 1.85. The third-order valence-corrected chi connectivity index (χ3v) is 4.66. The monoisotopic (exact) mass is 391 g/mol. The lowest BCUT2D eigenvalue weighted by molar-refractivity contribution is -0.131. The largest absolute Gasteiger partial charge is 0.477 e. The van der Waals surface area contributed by atoms with Gasteiger partial charge in [-0.1, -0.05) is 41.4 Å². The van der Waals surface area contributed by atoms with Crippen LogP contribution in [0.3, 0.4) is 0 Å². The van der Waals surface area contributed by atoms with Crippen molar-refractivity contribution in [1.29, 1.82) is 0 Å². The average Bonchev–Trinajstić information content (AvgIpc) is 3.05. The molecule has 126 valence electrons. The molecule has 25 heavy (non-hydrogen) atoms. The molecule has 5 nitrogen and oxygen atoms in total. The van der Waals surface area contributed by atoms with Gasteiger partial charge in [0.05, 0.1) is 0 Å². The highest BCUT2D eigenvalue weighted by molar-refractivity contribution is 8.04. The van der Waals surface area contributed by atoms with Crippen LogP contribution in [0.2, 0.25) is 10.0 Å². The van der Waals surface area contributed by atoms with Crippen LogP contribution in [0.4, 0.5) is 0 Å². The highest BCUT2D eigenvalue weighted by atomic mass is 35.5. The van der Waals surface area contributed by atoms with E-state index in [9.17, 15) is 9.90 Å². The molecule has 3 rings (SSSR count). The number of thioether (sulfide) groups is 1. The fourth-order valence-corrected chi connectivity index (χ4v) is 3.01. The van der Waals surface area contributed by atoms with Gasteiger partial charge in [0.2, 0.25) is 5.16 Å². The normalized spacial score (nSPS) is 11.5. The number of hydrogen-bond acceptors (Lipinski definition) is 4. The predicted octanol–water partition coefficient (Wildman–Crippen LogP) is 5.00. The summed E-state index contributed by atoms with van der Waals surface area (Å²) in [5, 5.41) is 17.7. The van der Waals surface area contributed by atoms with Crippen molar-refractivity contribution >= 4 is 47.0 Å². The van der Waals surface area contributed by atoms with Crippen molar-refractivity contribution in [1.82, 2.24) is 15.2 Å². The third kappa shape index (κ3) is 4.42. The summed E-state index contributed by atoms with van der Waals surface area (Å²) in [5.74, 6) is -0.551. The van der Waals surface area contributed by atoms with Crippen LogP contribution in [0.5, 0.6) is 0 Å². The summed E-state index contributed by atoms with van der Waals surface area (Å²) in [5.41, 5.74) is 1.42. The predicted molar refractivity (Wildman–Crippen MR) is 99.8 cm³/mol. The van der Waals surface area contributed by atoms with Gasteiger partial charge >= 0.3 is 5.97 Å². The summed E-state index contributed by atoms with van der Waals surface area (Å²) in [7, 11) is 0. The van der Waals surface area contributed by atoms with E-state index in [1.165, 1.54) is 6.08 Å². The molecule has 0 aliphatic carbocycles. The van der Waals surface area contributed by atoms with Gasteiger partial charge in [0, 0.05) is 15.6 Å². The van der Waals surface area contributed by atoms with Crippen molar-refractivity contribution < 1.29 is 9.90 Å². The number of halogens is 2. The summed E-state index contributed by atoms with van der Waals surface area (Å²) in [4.78, 5) is 15.9. The zero-order valence-electron chi connectivity index (χ0n) is 12.6. The smallest absolute Gasteiger partial charge is 0.342 e. The van der Waals surface area contributed by atoms with Gasteiger partial charge in [0.25, 0.3) is 0 Å². The van der Waals surface area contributed by atoms with E-state index in [-0.39, 0.29) is 4.91 Å². The SMILES string of the molecule is O=C(O)/C(=C/c1ccccc1Cl)Sc1n[nH]c(-c2ccc(Cl)cc2)n1. The number of carboxylic acid groups (broad SMARTS) is 1. The van der Waals surface area contributed by atoms with Crippen molar-refractivity contribution in [3.8, 4) is 11.4 Å². The standard InChI is InChI=1S/C17H11Cl2N3O2S/c18-12-7-5-10(6-8-12)15-20-17(22-21-15)25-14(16(23)24)9-11-3-1-2-4-13(11)19/h1-9H,(H,23,24)(H,20,21,22)/b14-9-. The van der Waals surface area contributed by atoms with Crippen molar-refractivity contribution in [3.05, 3.63) is 69.0 Å². The van der Waals surface area contributed by atoms with Crippen LogP contribution < -0.4 is 0 Å². The molecule has 0 amide bonds. The minimum absolute atomic E-state index is 0.0646. The molecule has 1 aromatic heterocycles. The lowest BCUT2D eigenvalue weighted by Crippen LogP contribution is -1.97. The Morgan fingerprint density at radius 2 is 1.84 bits per heavy atom. The topological polar surface area (TPSA) is 78.9 Å². The van der Waals surface area contributed by atoms with Gasteiger partial charge in [-0.3, -0.25) is 5.10 Å². The number of nitrogens with one attached hydrogen (secondary N) is 1. The van der Waals surface area contributed by atoms with E-state index in [0.717, 1.165) is 17.3 Å². The van der Waals surface area contributed by atoms with Crippen molar-refractivity contribution in [2.24, 2.45) is 0 Å². The number of carbonyl (C=O) groups is 1.